The number of amides is 3. The quantitative estimate of drug-likeness (QED) is 0.817. The summed E-state index contributed by atoms with van der Waals surface area (Å²) in [4.78, 5) is 35.0. The van der Waals surface area contributed by atoms with Gasteiger partial charge in [0, 0.05) is 6.04 Å². The number of Topliss-reactive ketones (excluding diaryl/α,β-unsaturated/α-hetero) is 1. The van der Waals surface area contributed by atoms with Gasteiger partial charge in [-0.15, -0.1) is 0 Å². The summed E-state index contributed by atoms with van der Waals surface area (Å²) in [6.45, 7) is 1.11. The maximum Gasteiger partial charge on any atom is 0.321 e. The molecule has 0 aliphatic heterocycles. The van der Waals surface area contributed by atoms with E-state index in [-0.39, 0.29) is 18.4 Å². The highest BCUT2D eigenvalue weighted by molar-refractivity contribution is 5.97. The fourth-order valence-corrected chi connectivity index (χ4v) is 2.66. The minimum atomic E-state index is -0.545. The number of nitrogens with one attached hydrogen (secondary N) is 2. The summed E-state index contributed by atoms with van der Waals surface area (Å²) >= 11 is 0. The predicted molar refractivity (Wildman–Crippen MR) is 85.5 cm³/mol. The molecule has 2 N–H and O–H groups in total. The van der Waals surface area contributed by atoms with E-state index in [2.05, 4.69) is 10.6 Å². The van der Waals surface area contributed by atoms with E-state index in [1.165, 1.54) is 13.3 Å². The summed E-state index contributed by atoms with van der Waals surface area (Å²) in [6, 6.07) is 6.33. The summed E-state index contributed by atoms with van der Waals surface area (Å²) in [7, 11) is 0. The molecule has 23 heavy (non-hydrogen) atoms. The van der Waals surface area contributed by atoms with Crippen LogP contribution in [0.2, 0.25) is 0 Å². The Labute approximate surface area is 135 Å². The molecule has 1 fully saturated rings. The van der Waals surface area contributed by atoms with Crippen LogP contribution in [-0.2, 0) is 4.79 Å². The van der Waals surface area contributed by atoms with Crippen molar-refractivity contribution < 1.29 is 19.1 Å². The van der Waals surface area contributed by atoms with Crippen molar-refractivity contribution in [2.45, 2.75) is 45.1 Å². The zero-order chi connectivity index (χ0) is 16.7. The Balaban J connectivity index is 1.78. The van der Waals surface area contributed by atoms with Crippen LogP contribution in [0.4, 0.5) is 4.79 Å². The van der Waals surface area contributed by atoms with Crippen LogP contribution in [0.3, 0.4) is 0 Å². The van der Waals surface area contributed by atoms with Crippen molar-refractivity contribution in [3.8, 4) is 5.75 Å². The van der Waals surface area contributed by atoms with Crippen molar-refractivity contribution in [1.82, 2.24) is 10.6 Å². The maximum absolute atomic E-state index is 11.8. The third-order valence-electron chi connectivity index (χ3n) is 3.82. The molecule has 0 radical (unpaired) electrons. The van der Waals surface area contributed by atoms with Gasteiger partial charge in [0.25, 0.3) is 5.91 Å². The van der Waals surface area contributed by atoms with E-state index in [0.717, 1.165) is 25.7 Å². The Morgan fingerprint density at radius 3 is 2.52 bits per heavy atom. The molecule has 3 amide bonds. The van der Waals surface area contributed by atoms with E-state index in [1.807, 2.05) is 0 Å². The third-order valence-corrected chi connectivity index (χ3v) is 3.82. The number of hydrogen-bond acceptors (Lipinski definition) is 4. The maximum atomic E-state index is 11.8. The van der Waals surface area contributed by atoms with Crippen molar-refractivity contribution in [1.29, 1.82) is 0 Å². The van der Waals surface area contributed by atoms with Gasteiger partial charge < -0.3 is 10.1 Å². The normalized spacial score (nSPS) is 14.8. The van der Waals surface area contributed by atoms with Crippen LogP contribution in [0.5, 0.6) is 5.75 Å². The first-order valence-electron chi connectivity index (χ1n) is 7.89. The predicted octanol–water partition coefficient (Wildman–Crippen LogP) is 2.43. The summed E-state index contributed by atoms with van der Waals surface area (Å²) in [5.74, 6) is -0.351. The van der Waals surface area contributed by atoms with E-state index in [9.17, 15) is 14.4 Å². The summed E-state index contributed by atoms with van der Waals surface area (Å²) in [6.07, 6.45) is 5.30. The fourth-order valence-electron chi connectivity index (χ4n) is 2.66. The topological polar surface area (TPSA) is 84.5 Å². The van der Waals surface area contributed by atoms with Crippen molar-refractivity contribution in [3.05, 3.63) is 29.8 Å². The van der Waals surface area contributed by atoms with Gasteiger partial charge in [-0.1, -0.05) is 31.4 Å². The van der Waals surface area contributed by atoms with Crippen LogP contribution in [0.25, 0.3) is 0 Å². The second-order valence-electron chi connectivity index (χ2n) is 5.70. The Morgan fingerprint density at radius 2 is 1.83 bits per heavy atom. The standard InChI is InChI=1S/C17H22N2O4/c1-12(20)14-9-5-6-10-15(14)23-11-16(21)19-17(22)18-13-7-3-2-4-8-13/h5-6,9-10,13H,2-4,7-8,11H2,1H3,(H2,18,19,21,22). The van der Waals surface area contributed by atoms with Gasteiger partial charge in [0.2, 0.25) is 0 Å². The molecule has 124 valence electrons. The molecule has 1 saturated carbocycles. The second-order valence-corrected chi connectivity index (χ2v) is 5.70. The molecule has 6 heteroatoms. The first-order chi connectivity index (χ1) is 11.1. The number of benzene rings is 1. The number of urea groups is 1. The van der Waals surface area contributed by atoms with E-state index in [1.54, 1.807) is 24.3 Å². The summed E-state index contributed by atoms with van der Waals surface area (Å²) < 4.78 is 5.34. The van der Waals surface area contributed by atoms with Gasteiger partial charge in [-0.25, -0.2) is 4.79 Å². The van der Waals surface area contributed by atoms with Gasteiger partial charge in [-0.05, 0) is 31.9 Å². The average molecular weight is 318 g/mol. The fraction of sp³-hybridized carbons (Fsp3) is 0.471. The van der Waals surface area contributed by atoms with E-state index >= 15 is 0 Å². The Hall–Kier alpha value is -2.37. The van der Waals surface area contributed by atoms with Gasteiger partial charge in [-0.2, -0.15) is 0 Å². The highest BCUT2D eigenvalue weighted by atomic mass is 16.5. The smallest absolute Gasteiger partial charge is 0.321 e. The first kappa shape index (κ1) is 17.0. The number of carbonyl (C=O) groups is 3. The van der Waals surface area contributed by atoms with Crippen molar-refractivity contribution in [2.24, 2.45) is 0 Å². The number of ketones is 1. The Morgan fingerprint density at radius 1 is 1.13 bits per heavy atom. The van der Waals surface area contributed by atoms with Crippen LogP contribution in [0.1, 0.15) is 49.4 Å². The second kappa shape index (κ2) is 8.31. The molecule has 0 bridgehead atoms. The number of imide groups is 1. The number of para-hydroxylation sites is 1. The summed E-state index contributed by atoms with van der Waals surface area (Å²) in [5, 5.41) is 5.04. The summed E-state index contributed by atoms with van der Waals surface area (Å²) in [5.41, 5.74) is 0.409. The van der Waals surface area contributed by atoms with Gasteiger partial charge >= 0.3 is 6.03 Å². The number of ether oxygens (including phenoxy) is 1. The van der Waals surface area contributed by atoms with Crippen molar-refractivity contribution >= 4 is 17.7 Å². The lowest BCUT2D eigenvalue weighted by molar-refractivity contribution is -0.122. The number of carbonyl (C=O) groups excluding carboxylic acids is 3. The highest BCUT2D eigenvalue weighted by Gasteiger charge is 2.17. The van der Waals surface area contributed by atoms with Gasteiger partial charge in [0.15, 0.2) is 12.4 Å². The Bertz CT molecular complexity index is 580. The van der Waals surface area contributed by atoms with Gasteiger partial charge in [0.05, 0.1) is 5.56 Å². The zero-order valence-electron chi connectivity index (χ0n) is 13.3. The molecule has 0 saturated heterocycles. The SMILES string of the molecule is CC(=O)c1ccccc1OCC(=O)NC(=O)NC1CCCCC1. The van der Waals surface area contributed by atoms with Gasteiger partial charge in [0.1, 0.15) is 5.75 Å². The molecule has 2 rings (SSSR count). The third kappa shape index (κ3) is 5.39. The minimum absolute atomic E-state index is 0.135. The molecule has 1 aliphatic carbocycles. The molecule has 0 unspecified atom stereocenters. The zero-order valence-corrected chi connectivity index (χ0v) is 13.3. The molecule has 0 spiro atoms. The molecule has 0 atom stereocenters. The van der Waals surface area contributed by atoms with Crippen LogP contribution in [0.15, 0.2) is 24.3 Å². The lowest BCUT2D eigenvalue weighted by Gasteiger charge is -2.22. The number of rotatable bonds is 5. The van der Waals surface area contributed by atoms with E-state index < -0.39 is 11.9 Å². The van der Waals surface area contributed by atoms with E-state index in [0.29, 0.717) is 11.3 Å². The van der Waals surface area contributed by atoms with Crippen LogP contribution >= 0.6 is 0 Å². The lowest BCUT2D eigenvalue weighted by Crippen LogP contribution is -2.46. The Kier molecular flexibility index (Phi) is 6.14. The van der Waals surface area contributed by atoms with Crippen LogP contribution < -0.4 is 15.4 Å². The molecule has 6 nitrogen and oxygen atoms in total. The lowest BCUT2D eigenvalue weighted by atomic mass is 9.96. The average Bonchev–Trinajstić information content (AvgIpc) is 2.54. The molecule has 0 aromatic heterocycles. The van der Waals surface area contributed by atoms with Crippen LogP contribution in [0, 0.1) is 0 Å². The largest absolute Gasteiger partial charge is 0.483 e. The molecular formula is C17H22N2O4. The molecule has 0 heterocycles. The number of hydrogen-bond donors (Lipinski definition) is 2. The minimum Gasteiger partial charge on any atom is -0.483 e. The molecular weight excluding hydrogens is 296 g/mol. The van der Waals surface area contributed by atoms with E-state index in [4.69, 9.17) is 4.74 Å². The molecule has 1 aromatic carbocycles. The molecule has 1 aromatic rings. The van der Waals surface area contributed by atoms with Gasteiger partial charge in [-0.3, -0.25) is 14.9 Å². The van der Waals surface area contributed by atoms with Crippen molar-refractivity contribution in [2.75, 3.05) is 6.61 Å². The monoisotopic (exact) mass is 318 g/mol. The van der Waals surface area contributed by atoms with Crippen LogP contribution in [-0.4, -0.2) is 30.4 Å². The first-order valence-corrected chi connectivity index (χ1v) is 7.89. The highest BCUT2D eigenvalue weighted by Crippen LogP contribution is 2.18. The molecule has 1 aliphatic rings. The van der Waals surface area contributed by atoms with Crippen molar-refractivity contribution in [3.63, 3.8) is 0 Å².